The van der Waals surface area contributed by atoms with Crippen molar-refractivity contribution in [3.63, 3.8) is 0 Å². The highest BCUT2D eigenvalue weighted by molar-refractivity contribution is 6.30. The third-order valence-electron chi connectivity index (χ3n) is 8.56. The van der Waals surface area contributed by atoms with Gasteiger partial charge in [-0.3, -0.25) is 9.80 Å². The molecule has 0 saturated carbocycles. The number of rotatable bonds is 5. The first-order valence-corrected chi connectivity index (χ1v) is 14.1. The van der Waals surface area contributed by atoms with Crippen molar-refractivity contribution in [2.75, 3.05) is 44.8 Å². The fraction of sp³-hybridized carbons (Fsp3) is 0.704. The maximum Gasteiger partial charge on any atom is 0.410 e. The minimum atomic E-state index is -0.695. The van der Waals surface area contributed by atoms with E-state index in [4.69, 9.17) is 30.8 Å². The summed E-state index contributed by atoms with van der Waals surface area (Å²) in [6.45, 7) is 8.98. The van der Waals surface area contributed by atoms with Crippen molar-refractivity contribution in [2.45, 2.75) is 82.2 Å². The van der Waals surface area contributed by atoms with Crippen LogP contribution in [0.25, 0.3) is 10.9 Å². The van der Waals surface area contributed by atoms with E-state index >= 15 is 4.39 Å². The fourth-order valence-electron chi connectivity index (χ4n) is 6.82. The smallest absolute Gasteiger partial charge is 0.410 e. The molecule has 2 bridgehead atoms. The summed E-state index contributed by atoms with van der Waals surface area (Å²) >= 11 is 6.05. The first-order chi connectivity index (χ1) is 18.6. The van der Waals surface area contributed by atoms with Crippen LogP contribution in [0.3, 0.4) is 0 Å². The Balaban J connectivity index is 1.29. The average Bonchev–Trinajstić information content (AvgIpc) is 3.52. The lowest BCUT2D eigenvalue weighted by Crippen LogP contribution is -2.57. The Bertz CT molecular complexity index is 1260. The third kappa shape index (κ3) is 4.86. The van der Waals surface area contributed by atoms with Crippen molar-refractivity contribution in [3.8, 4) is 6.01 Å². The molecule has 4 saturated heterocycles. The number of pyridine rings is 1. The van der Waals surface area contributed by atoms with Crippen LogP contribution < -0.4 is 9.64 Å². The quantitative estimate of drug-likeness (QED) is 0.500. The number of carbonyl (C=O) groups is 1. The lowest BCUT2D eigenvalue weighted by atomic mass is 9.94. The molecule has 0 N–H and O–H groups in total. The normalized spacial score (nSPS) is 28.8. The van der Waals surface area contributed by atoms with E-state index in [1.165, 1.54) is 6.20 Å². The molecular formula is C27H36ClFN6O4. The molecule has 6 heterocycles. The van der Waals surface area contributed by atoms with Gasteiger partial charge in [0.15, 0.2) is 11.0 Å². The Labute approximate surface area is 232 Å². The number of methoxy groups -OCH3 is 1. The van der Waals surface area contributed by atoms with Gasteiger partial charge in [0.2, 0.25) is 0 Å². The van der Waals surface area contributed by atoms with E-state index in [-0.39, 0.29) is 46.5 Å². The number of hydrogen-bond acceptors (Lipinski definition) is 9. The molecule has 0 spiro atoms. The second-order valence-electron chi connectivity index (χ2n) is 12.3. The highest BCUT2D eigenvalue weighted by Crippen LogP contribution is 2.41. The maximum absolute atomic E-state index is 15.2. The summed E-state index contributed by atoms with van der Waals surface area (Å²) in [5.41, 5.74) is -0.618. The molecule has 10 nitrogen and oxygen atoms in total. The van der Waals surface area contributed by atoms with Crippen LogP contribution in [0.5, 0.6) is 6.01 Å². The molecule has 39 heavy (non-hydrogen) atoms. The average molecular weight is 563 g/mol. The lowest BCUT2D eigenvalue weighted by Gasteiger charge is -2.42. The summed E-state index contributed by atoms with van der Waals surface area (Å²) in [5.74, 6) is -0.153. The Kier molecular flexibility index (Phi) is 6.74. The van der Waals surface area contributed by atoms with Crippen LogP contribution in [-0.4, -0.2) is 100 Å². The molecule has 12 heteroatoms. The molecule has 212 valence electrons. The van der Waals surface area contributed by atoms with Crippen LogP contribution in [0.15, 0.2) is 6.20 Å². The summed E-state index contributed by atoms with van der Waals surface area (Å²) in [4.78, 5) is 32.6. The molecule has 0 radical (unpaired) electrons. The zero-order valence-corrected chi connectivity index (χ0v) is 23.7. The number of hydrogen-bond donors (Lipinski definition) is 0. The number of anilines is 1. The van der Waals surface area contributed by atoms with E-state index in [1.54, 1.807) is 7.11 Å². The molecule has 0 aromatic carbocycles. The van der Waals surface area contributed by atoms with Crippen LogP contribution in [0.4, 0.5) is 15.0 Å². The third-order valence-corrected chi connectivity index (χ3v) is 8.83. The first kappa shape index (κ1) is 26.7. The van der Waals surface area contributed by atoms with Gasteiger partial charge in [-0.15, -0.1) is 0 Å². The molecule has 1 amide bonds. The number of piperazine rings is 1. The maximum atomic E-state index is 15.2. The highest BCUT2D eigenvalue weighted by Gasteiger charge is 2.49. The van der Waals surface area contributed by atoms with Gasteiger partial charge in [0.1, 0.15) is 23.5 Å². The van der Waals surface area contributed by atoms with Crippen molar-refractivity contribution in [1.29, 1.82) is 0 Å². The number of halogens is 2. The first-order valence-electron chi connectivity index (χ1n) is 13.8. The number of ether oxygens (including phenoxy) is 3. The molecule has 6 rings (SSSR count). The minimum absolute atomic E-state index is 0.0338. The highest BCUT2D eigenvalue weighted by atomic mass is 35.5. The standard InChI is InChI=1S/C27H36ClFN6O4/c1-26(2,3)39-25(36)35-16-6-7-17(35)13-33(12-16)23-19-11-30-22(28)20(29)21(19)31-24(32-23)38-15-27-8-5-9-34(27)14-18(10-27)37-4/h11,16-18H,5-10,12-15H2,1-4H3/t16-,17+,18?,27?. The summed E-state index contributed by atoms with van der Waals surface area (Å²) in [7, 11) is 1.75. The van der Waals surface area contributed by atoms with Gasteiger partial charge in [-0.1, -0.05) is 11.6 Å². The predicted octanol–water partition coefficient (Wildman–Crippen LogP) is 4.04. The van der Waals surface area contributed by atoms with Crippen LogP contribution in [0, 0.1) is 5.82 Å². The molecule has 2 unspecified atom stereocenters. The predicted molar refractivity (Wildman–Crippen MR) is 144 cm³/mol. The topological polar surface area (TPSA) is 93.2 Å². The van der Waals surface area contributed by atoms with Gasteiger partial charge in [-0.05, 0) is 59.4 Å². The number of nitrogens with zero attached hydrogens (tertiary/aromatic N) is 6. The van der Waals surface area contributed by atoms with Gasteiger partial charge in [-0.2, -0.15) is 9.97 Å². The van der Waals surface area contributed by atoms with Crippen LogP contribution in [0.2, 0.25) is 5.15 Å². The monoisotopic (exact) mass is 562 g/mol. The van der Waals surface area contributed by atoms with E-state index in [9.17, 15) is 4.79 Å². The molecule has 4 aliphatic heterocycles. The van der Waals surface area contributed by atoms with E-state index < -0.39 is 11.4 Å². The number of carbonyl (C=O) groups excluding carboxylic acids is 1. The molecule has 4 aliphatic rings. The number of fused-ring (bicyclic) bond motifs is 4. The van der Waals surface area contributed by atoms with Gasteiger partial charge >= 0.3 is 12.1 Å². The fourth-order valence-corrected chi connectivity index (χ4v) is 6.96. The number of amides is 1. The van der Waals surface area contributed by atoms with Crippen molar-refractivity contribution in [3.05, 3.63) is 17.2 Å². The Hall–Kier alpha value is -2.50. The van der Waals surface area contributed by atoms with Crippen molar-refractivity contribution < 1.29 is 23.4 Å². The largest absolute Gasteiger partial charge is 0.461 e. The molecule has 2 aromatic rings. The zero-order valence-electron chi connectivity index (χ0n) is 23.0. The SMILES string of the molecule is COC1CN2CCCC2(COc2nc(N3C[C@H]4CC[C@@H](C3)N4C(=O)OC(C)(C)C)c3cnc(Cl)c(F)c3n2)C1. The van der Waals surface area contributed by atoms with E-state index in [0.29, 0.717) is 30.9 Å². The van der Waals surface area contributed by atoms with Crippen molar-refractivity contribution >= 4 is 34.4 Å². The zero-order chi connectivity index (χ0) is 27.5. The summed E-state index contributed by atoms with van der Waals surface area (Å²) in [6.07, 6.45) is 6.11. The van der Waals surface area contributed by atoms with Crippen LogP contribution in [0.1, 0.15) is 52.9 Å². The molecule has 2 aromatic heterocycles. The van der Waals surface area contributed by atoms with Gasteiger partial charge in [-0.25, -0.2) is 14.2 Å². The molecule has 4 fully saturated rings. The van der Waals surface area contributed by atoms with E-state index in [0.717, 1.165) is 45.2 Å². The summed E-state index contributed by atoms with van der Waals surface area (Å²) < 4.78 is 32.8. The molecule has 0 aliphatic carbocycles. The van der Waals surface area contributed by atoms with Crippen LogP contribution >= 0.6 is 11.6 Å². The Morgan fingerprint density at radius 2 is 1.95 bits per heavy atom. The Morgan fingerprint density at radius 1 is 1.21 bits per heavy atom. The summed E-state index contributed by atoms with van der Waals surface area (Å²) in [6, 6.07) is 0.0460. The van der Waals surface area contributed by atoms with E-state index in [2.05, 4.69) is 19.8 Å². The van der Waals surface area contributed by atoms with Crippen molar-refractivity contribution in [2.24, 2.45) is 0 Å². The van der Waals surface area contributed by atoms with Crippen molar-refractivity contribution in [1.82, 2.24) is 24.8 Å². The van der Waals surface area contributed by atoms with Gasteiger partial charge in [0.05, 0.1) is 29.1 Å². The van der Waals surface area contributed by atoms with Gasteiger partial charge < -0.3 is 19.1 Å². The molecular weight excluding hydrogens is 527 g/mol. The lowest BCUT2D eigenvalue weighted by molar-refractivity contribution is 0.0122. The molecule has 4 atom stereocenters. The summed E-state index contributed by atoms with van der Waals surface area (Å²) in [5, 5.41) is 0.225. The van der Waals surface area contributed by atoms with E-state index in [1.807, 2.05) is 25.7 Å². The second kappa shape index (κ2) is 9.85. The Morgan fingerprint density at radius 3 is 2.64 bits per heavy atom. The minimum Gasteiger partial charge on any atom is -0.461 e. The second-order valence-corrected chi connectivity index (χ2v) is 12.6. The van der Waals surface area contributed by atoms with Crippen LogP contribution in [-0.2, 0) is 9.47 Å². The van der Waals surface area contributed by atoms with Gasteiger partial charge in [0.25, 0.3) is 0 Å². The number of aromatic nitrogens is 3. The van der Waals surface area contributed by atoms with Gasteiger partial charge in [0, 0.05) is 32.9 Å².